The lowest BCUT2D eigenvalue weighted by Crippen LogP contribution is -2.10. The Kier molecular flexibility index (Phi) is 4.47. The number of nitro groups is 1. The summed E-state index contributed by atoms with van der Waals surface area (Å²) in [5.41, 5.74) is 1.36. The average Bonchev–Trinajstić information content (AvgIpc) is 2.46. The normalized spacial score (nSPS) is 11.9. The van der Waals surface area contributed by atoms with E-state index in [9.17, 15) is 10.1 Å². The monoisotopic (exact) mass is 305 g/mol. The van der Waals surface area contributed by atoms with Crippen LogP contribution < -0.4 is 0 Å². The Morgan fingerprint density at radius 3 is 2.45 bits per heavy atom. The zero-order valence-corrected chi connectivity index (χ0v) is 12.3. The molecule has 0 heterocycles. The minimum absolute atomic E-state index is 0.0695. The summed E-state index contributed by atoms with van der Waals surface area (Å²) in [5, 5.41) is 11.3. The van der Waals surface area contributed by atoms with Crippen molar-refractivity contribution < 1.29 is 4.92 Å². The second kappa shape index (κ2) is 6.11. The number of benzene rings is 2. The molecule has 5 heteroatoms. The van der Waals surface area contributed by atoms with Gasteiger partial charge in [0.2, 0.25) is 0 Å². The van der Waals surface area contributed by atoms with Gasteiger partial charge in [-0.1, -0.05) is 73.2 Å². The molecule has 2 aromatic carbocycles. The van der Waals surface area contributed by atoms with Crippen molar-refractivity contribution in [3.05, 3.63) is 74.8 Å². The lowest BCUT2D eigenvalue weighted by Gasteiger charge is -2.14. The molecule has 0 aromatic heterocycles. The maximum absolute atomic E-state index is 11.2. The highest BCUT2D eigenvalue weighted by molar-refractivity contribution is 7.81. The highest BCUT2D eigenvalue weighted by Crippen LogP contribution is 2.34. The number of halogens is 1. The molecule has 0 saturated heterocycles. The standard InChI is InChI=1S/C15H12ClNO2S/c1-10(15(20)11-6-3-2-4-7-11)12-8-5-9-13(16)14(12)17(18)19/h2-10H,1H3. The number of hydrogen-bond acceptors (Lipinski definition) is 3. The van der Waals surface area contributed by atoms with E-state index in [0.717, 1.165) is 5.56 Å². The predicted molar refractivity (Wildman–Crippen MR) is 84.7 cm³/mol. The van der Waals surface area contributed by atoms with E-state index in [1.807, 2.05) is 37.3 Å². The minimum atomic E-state index is -0.457. The quantitative estimate of drug-likeness (QED) is 0.354. The molecule has 0 aliphatic heterocycles. The van der Waals surface area contributed by atoms with Crippen LogP contribution in [0.5, 0.6) is 0 Å². The number of thiocarbonyl (C=S) groups is 1. The third-order valence-electron chi connectivity index (χ3n) is 3.12. The molecule has 0 radical (unpaired) electrons. The molecule has 2 rings (SSSR count). The Morgan fingerprint density at radius 2 is 1.85 bits per heavy atom. The van der Waals surface area contributed by atoms with Crippen molar-refractivity contribution >= 4 is 34.4 Å². The van der Waals surface area contributed by atoms with Crippen LogP contribution in [0.25, 0.3) is 0 Å². The van der Waals surface area contributed by atoms with Crippen molar-refractivity contribution in [1.82, 2.24) is 0 Å². The van der Waals surface area contributed by atoms with Crippen LogP contribution in [0.15, 0.2) is 48.5 Å². The summed E-state index contributed by atoms with van der Waals surface area (Å²) in [5.74, 6) is -0.258. The predicted octanol–water partition coefficient (Wildman–Crippen LogP) is 4.77. The zero-order valence-electron chi connectivity index (χ0n) is 10.7. The average molecular weight is 306 g/mol. The molecule has 0 fully saturated rings. The Morgan fingerprint density at radius 1 is 1.20 bits per heavy atom. The largest absolute Gasteiger partial charge is 0.291 e. The molecule has 0 bridgehead atoms. The summed E-state index contributed by atoms with van der Waals surface area (Å²) >= 11 is 11.4. The van der Waals surface area contributed by atoms with E-state index >= 15 is 0 Å². The van der Waals surface area contributed by atoms with Crippen LogP contribution in [0.4, 0.5) is 5.69 Å². The van der Waals surface area contributed by atoms with E-state index in [1.165, 1.54) is 6.07 Å². The van der Waals surface area contributed by atoms with Crippen molar-refractivity contribution in [3.63, 3.8) is 0 Å². The summed E-state index contributed by atoms with van der Waals surface area (Å²) in [7, 11) is 0. The van der Waals surface area contributed by atoms with Crippen LogP contribution in [0.2, 0.25) is 5.02 Å². The first-order valence-corrected chi connectivity index (χ1v) is 6.83. The fourth-order valence-electron chi connectivity index (χ4n) is 2.07. The number of rotatable bonds is 4. The van der Waals surface area contributed by atoms with Crippen LogP contribution >= 0.6 is 23.8 Å². The van der Waals surface area contributed by atoms with Crippen molar-refractivity contribution in [2.45, 2.75) is 12.8 Å². The highest BCUT2D eigenvalue weighted by atomic mass is 35.5. The third kappa shape index (κ3) is 2.86. The van der Waals surface area contributed by atoms with E-state index in [2.05, 4.69) is 0 Å². The molecule has 0 spiro atoms. The topological polar surface area (TPSA) is 43.1 Å². The summed E-state index contributed by atoms with van der Waals surface area (Å²) in [4.78, 5) is 11.4. The van der Waals surface area contributed by atoms with Crippen molar-refractivity contribution in [1.29, 1.82) is 0 Å². The van der Waals surface area contributed by atoms with Gasteiger partial charge in [0.1, 0.15) is 5.02 Å². The highest BCUT2D eigenvalue weighted by Gasteiger charge is 2.25. The van der Waals surface area contributed by atoms with Gasteiger partial charge in [0.05, 0.1) is 4.92 Å². The van der Waals surface area contributed by atoms with Crippen molar-refractivity contribution in [2.24, 2.45) is 0 Å². The minimum Gasteiger partial charge on any atom is -0.258 e. The molecule has 0 saturated carbocycles. The van der Waals surface area contributed by atoms with Crippen LogP contribution in [0.3, 0.4) is 0 Å². The second-order valence-corrected chi connectivity index (χ2v) is 5.23. The Bertz CT molecular complexity index is 658. The maximum atomic E-state index is 11.2. The van der Waals surface area contributed by atoms with Gasteiger partial charge in [-0.15, -0.1) is 0 Å². The first-order valence-electron chi connectivity index (χ1n) is 6.04. The van der Waals surface area contributed by atoms with E-state index in [1.54, 1.807) is 12.1 Å². The SMILES string of the molecule is CC(C(=S)c1ccccc1)c1cccc(Cl)c1[N+](=O)[O-]. The van der Waals surface area contributed by atoms with Crippen molar-refractivity contribution in [3.8, 4) is 0 Å². The van der Waals surface area contributed by atoms with E-state index in [-0.39, 0.29) is 16.6 Å². The Labute approximate surface area is 127 Å². The number of para-hydroxylation sites is 1. The van der Waals surface area contributed by atoms with Gasteiger partial charge in [-0.2, -0.15) is 0 Å². The molecular weight excluding hydrogens is 294 g/mol. The molecule has 1 atom stereocenters. The number of hydrogen-bond donors (Lipinski definition) is 0. The molecular formula is C15H12ClNO2S. The van der Waals surface area contributed by atoms with Crippen LogP contribution in [-0.4, -0.2) is 9.79 Å². The van der Waals surface area contributed by atoms with Crippen molar-refractivity contribution in [2.75, 3.05) is 0 Å². The molecule has 0 aliphatic rings. The molecule has 102 valence electrons. The third-order valence-corrected chi connectivity index (χ3v) is 4.01. The first-order chi connectivity index (χ1) is 9.52. The lowest BCUT2D eigenvalue weighted by molar-refractivity contribution is -0.385. The van der Waals surface area contributed by atoms with Gasteiger partial charge in [0.15, 0.2) is 0 Å². The van der Waals surface area contributed by atoms with E-state index in [0.29, 0.717) is 10.4 Å². The van der Waals surface area contributed by atoms with E-state index < -0.39 is 4.92 Å². The van der Waals surface area contributed by atoms with Gasteiger partial charge in [0.25, 0.3) is 5.69 Å². The molecule has 3 nitrogen and oxygen atoms in total. The van der Waals surface area contributed by atoms with Gasteiger partial charge in [0, 0.05) is 16.3 Å². The number of nitrogens with zero attached hydrogens (tertiary/aromatic N) is 1. The molecule has 1 unspecified atom stereocenters. The fraction of sp³-hybridized carbons (Fsp3) is 0.133. The lowest BCUT2D eigenvalue weighted by atomic mass is 9.92. The summed E-state index contributed by atoms with van der Waals surface area (Å²) < 4.78 is 0. The van der Waals surface area contributed by atoms with Gasteiger partial charge >= 0.3 is 0 Å². The Balaban J connectivity index is 2.44. The van der Waals surface area contributed by atoms with Gasteiger partial charge in [-0.25, -0.2) is 0 Å². The Hall–Kier alpha value is -1.78. The summed E-state index contributed by atoms with van der Waals surface area (Å²) in [6, 6.07) is 14.4. The zero-order chi connectivity index (χ0) is 14.7. The fourth-order valence-corrected chi connectivity index (χ4v) is 2.58. The van der Waals surface area contributed by atoms with Crippen LogP contribution in [0.1, 0.15) is 24.0 Å². The molecule has 2 aromatic rings. The molecule has 0 N–H and O–H groups in total. The van der Waals surface area contributed by atoms with Gasteiger partial charge in [-0.3, -0.25) is 10.1 Å². The molecule has 20 heavy (non-hydrogen) atoms. The van der Waals surface area contributed by atoms with Gasteiger partial charge < -0.3 is 0 Å². The van der Waals surface area contributed by atoms with Crippen LogP contribution in [0, 0.1) is 10.1 Å². The first kappa shape index (κ1) is 14.6. The molecule has 0 aliphatic carbocycles. The van der Waals surface area contributed by atoms with Crippen LogP contribution in [-0.2, 0) is 0 Å². The smallest absolute Gasteiger partial charge is 0.258 e. The second-order valence-electron chi connectivity index (χ2n) is 4.39. The maximum Gasteiger partial charge on any atom is 0.291 e. The van der Waals surface area contributed by atoms with Gasteiger partial charge in [-0.05, 0) is 11.6 Å². The summed E-state index contributed by atoms with van der Waals surface area (Å²) in [6.45, 7) is 1.86. The number of nitro benzene ring substituents is 1. The summed E-state index contributed by atoms with van der Waals surface area (Å²) in [6.07, 6.45) is 0. The van der Waals surface area contributed by atoms with E-state index in [4.69, 9.17) is 23.8 Å². The molecule has 0 amide bonds.